The molecular weight excluding hydrogens is 268 g/mol. The lowest BCUT2D eigenvalue weighted by molar-refractivity contribution is 0.529. The van der Waals surface area contributed by atoms with Gasteiger partial charge in [-0.05, 0) is 42.9 Å². The fourth-order valence-electron chi connectivity index (χ4n) is 2.14. The number of thioether (sulfide) groups is 1. The van der Waals surface area contributed by atoms with Crippen molar-refractivity contribution in [1.29, 1.82) is 0 Å². The number of nitrogens with one attached hydrogen (secondary N) is 1. The van der Waals surface area contributed by atoms with Gasteiger partial charge in [-0.3, -0.25) is 0 Å². The average molecular weight is 286 g/mol. The Labute approximate surface area is 112 Å². The summed E-state index contributed by atoms with van der Waals surface area (Å²) in [5.74, 6) is 2.02. The Morgan fingerprint density at radius 3 is 2.61 bits per heavy atom. The van der Waals surface area contributed by atoms with E-state index in [2.05, 4.69) is 4.72 Å². The molecule has 1 fully saturated rings. The number of aryl methyl sites for hydroxylation is 1. The molecule has 0 unspecified atom stereocenters. The lowest BCUT2D eigenvalue weighted by Crippen LogP contribution is -2.37. The largest absolute Gasteiger partial charge is 0.398 e. The van der Waals surface area contributed by atoms with Crippen LogP contribution in [0.3, 0.4) is 0 Å². The zero-order valence-corrected chi connectivity index (χ0v) is 12.0. The van der Waals surface area contributed by atoms with Gasteiger partial charge in [-0.1, -0.05) is 12.1 Å². The van der Waals surface area contributed by atoms with Gasteiger partial charge in [0.15, 0.2) is 0 Å². The molecule has 6 heteroatoms. The minimum absolute atomic E-state index is 0.0373. The van der Waals surface area contributed by atoms with Crippen LogP contribution in [0.1, 0.15) is 18.4 Å². The van der Waals surface area contributed by atoms with Gasteiger partial charge in [0, 0.05) is 6.04 Å². The molecular formula is C12H18N2O2S2. The van der Waals surface area contributed by atoms with Crippen LogP contribution in [-0.2, 0) is 10.0 Å². The topological polar surface area (TPSA) is 72.2 Å². The first-order valence-electron chi connectivity index (χ1n) is 5.96. The maximum atomic E-state index is 12.3. The summed E-state index contributed by atoms with van der Waals surface area (Å²) in [6, 6.07) is 5.19. The van der Waals surface area contributed by atoms with E-state index in [4.69, 9.17) is 5.73 Å². The third kappa shape index (κ3) is 2.99. The lowest BCUT2D eigenvalue weighted by atomic mass is 10.2. The van der Waals surface area contributed by atoms with Crippen LogP contribution in [0.15, 0.2) is 23.1 Å². The number of hydrogen-bond donors (Lipinski definition) is 2. The van der Waals surface area contributed by atoms with Crippen molar-refractivity contribution in [3.8, 4) is 0 Å². The number of nitrogens with two attached hydrogens (primary N) is 1. The molecule has 0 atom stereocenters. The molecule has 18 heavy (non-hydrogen) atoms. The molecule has 0 bridgehead atoms. The van der Waals surface area contributed by atoms with Crippen molar-refractivity contribution in [2.45, 2.75) is 30.7 Å². The molecule has 1 heterocycles. The molecule has 1 saturated heterocycles. The van der Waals surface area contributed by atoms with Gasteiger partial charge in [0.2, 0.25) is 10.0 Å². The van der Waals surface area contributed by atoms with E-state index in [0.717, 1.165) is 24.3 Å². The van der Waals surface area contributed by atoms with Crippen molar-refractivity contribution in [3.05, 3.63) is 23.8 Å². The Bertz CT molecular complexity index is 503. The number of nitrogen functional groups attached to an aromatic ring is 1. The van der Waals surface area contributed by atoms with E-state index in [9.17, 15) is 8.42 Å². The molecule has 1 aromatic carbocycles. The molecule has 2 rings (SSSR count). The van der Waals surface area contributed by atoms with Crippen LogP contribution >= 0.6 is 11.8 Å². The Kier molecular flexibility index (Phi) is 4.19. The summed E-state index contributed by atoms with van der Waals surface area (Å²) < 4.78 is 27.5. The highest BCUT2D eigenvalue weighted by Crippen LogP contribution is 2.24. The predicted octanol–water partition coefficient (Wildman–Crippen LogP) is 1.75. The first-order valence-corrected chi connectivity index (χ1v) is 8.59. The van der Waals surface area contributed by atoms with Crippen LogP contribution in [0.25, 0.3) is 0 Å². The smallest absolute Gasteiger partial charge is 0.243 e. The first-order chi connectivity index (χ1) is 8.50. The molecule has 0 spiro atoms. The summed E-state index contributed by atoms with van der Waals surface area (Å²) in [4.78, 5) is 0.225. The second kappa shape index (κ2) is 5.50. The monoisotopic (exact) mass is 286 g/mol. The molecule has 3 N–H and O–H groups in total. The summed E-state index contributed by atoms with van der Waals surface area (Å²) in [5, 5.41) is 0. The normalized spacial score (nSPS) is 17.8. The molecule has 0 saturated carbocycles. The molecule has 0 aliphatic carbocycles. The van der Waals surface area contributed by atoms with E-state index in [1.54, 1.807) is 25.1 Å². The zero-order valence-electron chi connectivity index (χ0n) is 10.3. The van der Waals surface area contributed by atoms with E-state index in [0.29, 0.717) is 11.3 Å². The fraction of sp³-hybridized carbons (Fsp3) is 0.500. The fourth-order valence-corrected chi connectivity index (χ4v) is 4.91. The lowest BCUT2D eigenvalue weighted by Gasteiger charge is -2.23. The predicted molar refractivity (Wildman–Crippen MR) is 76.3 cm³/mol. The molecule has 4 nitrogen and oxygen atoms in total. The molecule has 1 aliphatic heterocycles. The number of rotatable bonds is 3. The number of benzene rings is 1. The van der Waals surface area contributed by atoms with Crippen molar-refractivity contribution in [1.82, 2.24) is 4.72 Å². The van der Waals surface area contributed by atoms with Gasteiger partial charge in [0.05, 0.1) is 5.69 Å². The van der Waals surface area contributed by atoms with Gasteiger partial charge in [-0.25, -0.2) is 13.1 Å². The summed E-state index contributed by atoms with van der Waals surface area (Å²) in [5.41, 5.74) is 6.79. The zero-order chi connectivity index (χ0) is 13.2. The second-order valence-corrected chi connectivity index (χ2v) is 7.38. The van der Waals surface area contributed by atoms with Crippen molar-refractivity contribution in [2.75, 3.05) is 17.2 Å². The summed E-state index contributed by atoms with van der Waals surface area (Å²) in [7, 11) is -3.51. The van der Waals surface area contributed by atoms with E-state index in [-0.39, 0.29) is 10.9 Å². The average Bonchev–Trinajstić information content (AvgIpc) is 2.28. The Morgan fingerprint density at radius 2 is 2.00 bits per heavy atom. The molecule has 0 aromatic heterocycles. The highest BCUT2D eigenvalue weighted by atomic mass is 32.2. The number of sulfonamides is 1. The van der Waals surface area contributed by atoms with Crippen LogP contribution in [0, 0.1) is 6.92 Å². The highest BCUT2D eigenvalue weighted by molar-refractivity contribution is 7.99. The van der Waals surface area contributed by atoms with Crippen molar-refractivity contribution in [3.63, 3.8) is 0 Å². The molecule has 0 radical (unpaired) electrons. The molecule has 1 aliphatic rings. The van der Waals surface area contributed by atoms with E-state index in [1.165, 1.54) is 0 Å². The quantitative estimate of drug-likeness (QED) is 0.830. The van der Waals surface area contributed by atoms with Crippen LogP contribution in [0.4, 0.5) is 5.69 Å². The maximum Gasteiger partial charge on any atom is 0.243 e. The third-order valence-corrected chi connectivity index (χ3v) is 5.84. The SMILES string of the molecule is Cc1cccc(N)c1S(=O)(=O)NC1CCSCC1. The molecule has 100 valence electrons. The van der Waals surface area contributed by atoms with E-state index in [1.807, 2.05) is 11.8 Å². The second-order valence-electron chi connectivity index (χ2n) is 4.50. The van der Waals surface area contributed by atoms with Crippen LogP contribution in [0.2, 0.25) is 0 Å². The molecule has 1 aromatic rings. The summed E-state index contributed by atoms with van der Waals surface area (Å²) in [6.07, 6.45) is 1.77. The standard InChI is InChI=1S/C12H18N2O2S2/c1-9-3-2-4-11(13)12(9)18(15,16)14-10-5-7-17-8-6-10/h2-4,10,14H,5-8,13H2,1H3. The van der Waals surface area contributed by atoms with Gasteiger partial charge < -0.3 is 5.73 Å². The van der Waals surface area contributed by atoms with Gasteiger partial charge in [0.25, 0.3) is 0 Å². The van der Waals surface area contributed by atoms with Crippen molar-refractivity contribution >= 4 is 27.5 Å². The maximum absolute atomic E-state index is 12.3. The van der Waals surface area contributed by atoms with E-state index >= 15 is 0 Å². The summed E-state index contributed by atoms with van der Waals surface area (Å²) in [6.45, 7) is 1.77. The highest BCUT2D eigenvalue weighted by Gasteiger charge is 2.24. The first kappa shape index (κ1) is 13.7. The Balaban J connectivity index is 2.25. The Hall–Kier alpha value is -0.720. The van der Waals surface area contributed by atoms with Crippen LogP contribution in [0.5, 0.6) is 0 Å². The van der Waals surface area contributed by atoms with Gasteiger partial charge >= 0.3 is 0 Å². The van der Waals surface area contributed by atoms with Gasteiger partial charge in [-0.2, -0.15) is 11.8 Å². The van der Waals surface area contributed by atoms with Gasteiger partial charge in [-0.15, -0.1) is 0 Å². The number of hydrogen-bond acceptors (Lipinski definition) is 4. The minimum Gasteiger partial charge on any atom is -0.398 e. The van der Waals surface area contributed by atoms with Crippen molar-refractivity contribution < 1.29 is 8.42 Å². The van der Waals surface area contributed by atoms with Crippen LogP contribution < -0.4 is 10.5 Å². The third-order valence-electron chi connectivity index (χ3n) is 3.05. The van der Waals surface area contributed by atoms with E-state index < -0.39 is 10.0 Å². The Morgan fingerprint density at radius 1 is 1.33 bits per heavy atom. The number of anilines is 1. The van der Waals surface area contributed by atoms with Crippen molar-refractivity contribution in [2.24, 2.45) is 0 Å². The summed E-state index contributed by atoms with van der Waals surface area (Å²) >= 11 is 1.87. The van der Waals surface area contributed by atoms with Gasteiger partial charge in [0.1, 0.15) is 4.90 Å². The molecule has 0 amide bonds. The van der Waals surface area contributed by atoms with Crippen LogP contribution in [-0.4, -0.2) is 26.0 Å². The minimum atomic E-state index is -3.51.